The van der Waals surface area contributed by atoms with Crippen molar-refractivity contribution in [3.63, 3.8) is 0 Å². The number of aryl methyl sites for hydroxylation is 8. The van der Waals surface area contributed by atoms with Crippen molar-refractivity contribution in [2.45, 2.75) is 106 Å². The molecule has 12 aromatic rings. The van der Waals surface area contributed by atoms with E-state index in [9.17, 15) is 27.6 Å². The van der Waals surface area contributed by atoms with Crippen LogP contribution >= 0.6 is 0 Å². The maximum absolute atomic E-state index is 14.7. The van der Waals surface area contributed by atoms with E-state index < -0.39 is 35.2 Å². The zero-order valence-corrected chi connectivity index (χ0v) is 54.9. The summed E-state index contributed by atoms with van der Waals surface area (Å²) in [5, 5.41) is 49.7. The van der Waals surface area contributed by atoms with Crippen molar-refractivity contribution in [3.8, 4) is 68.7 Å². The van der Waals surface area contributed by atoms with Gasteiger partial charge >= 0.3 is 0 Å². The Kier molecular flexibility index (Phi) is 19.3. The number of piperidine rings is 1. The maximum atomic E-state index is 14.7. The van der Waals surface area contributed by atoms with Gasteiger partial charge in [0.15, 0.2) is 52.4 Å². The number of carbonyl (C=O) groups excluding carboxylic acids is 3. The van der Waals surface area contributed by atoms with Crippen LogP contribution in [-0.4, -0.2) is 184 Å². The second kappa shape index (κ2) is 28.3. The molecular weight excluding hydrogens is 1250 g/mol. The van der Waals surface area contributed by atoms with E-state index in [2.05, 4.69) is 85.9 Å². The predicted molar refractivity (Wildman–Crippen MR) is 353 cm³/mol. The Hall–Kier alpha value is -10.8. The molecule has 2 saturated heterocycles. The van der Waals surface area contributed by atoms with E-state index in [1.54, 1.807) is 96.9 Å². The van der Waals surface area contributed by atoms with Crippen molar-refractivity contribution in [1.82, 2.24) is 114 Å². The third-order valence-electron chi connectivity index (χ3n) is 17.3. The predicted octanol–water partition coefficient (Wildman–Crippen LogP) is 6.89. The number of ether oxygens (including phenoxy) is 1. The summed E-state index contributed by atoms with van der Waals surface area (Å²) < 4.78 is 59.5. The van der Waals surface area contributed by atoms with E-state index in [1.165, 1.54) is 23.9 Å². The van der Waals surface area contributed by atoms with Crippen LogP contribution in [0.3, 0.4) is 0 Å². The largest absolute Gasteiger partial charge is 0.379 e. The molecule has 0 unspecified atom stereocenters. The molecule has 2 aliphatic rings. The summed E-state index contributed by atoms with van der Waals surface area (Å²) in [6, 6.07) is 10.1. The lowest BCUT2D eigenvalue weighted by Gasteiger charge is -2.26. The summed E-state index contributed by atoms with van der Waals surface area (Å²) in [5.74, 6) is -1.24. The van der Waals surface area contributed by atoms with E-state index >= 15 is 0 Å². The topological polar surface area (TPSA) is 377 Å². The number of aromatic amines is 3. The lowest BCUT2D eigenvalue weighted by atomic mass is 10.0. The second-order valence-electron chi connectivity index (χ2n) is 23.8. The van der Waals surface area contributed by atoms with Crippen LogP contribution in [0, 0.1) is 38.2 Å². The summed E-state index contributed by atoms with van der Waals surface area (Å²) >= 11 is 0. The fraction of sp³-hybridized carbons (Fsp3) is 0.391. The van der Waals surface area contributed by atoms with E-state index in [0.717, 1.165) is 105 Å². The highest BCUT2D eigenvalue weighted by Crippen LogP contribution is 2.35. The zero-order valence-electron chi connectivity index (χ0n) is 54.9. The Bertz CT molecular complexity index is 4870. The normalized spacial score (nSPS) is 13.8. The van der Waals surface area contributed by atoms with Crippen LogP contribution in [0.5, 0.6) is 0 Å². The molecule has 506 valence electrons. The van der Waals surface area contributed by atoms with E-state index in [1.807, 2.05) is 30.1 Å². The van der Waals surface area contributed by atoms with Crippen LogP contribution in [0.4, 0.5) is 13.2 Å². The number of morpholine rings is 1. The first kappa shape index (κ1) is 66.2. The molecule has 0 aliphatic carbocycles. The lowest BCUT2D eigenvalue weighted by molar-refractivity contribution is 0.0361. The van der Waals surface area contributed by atoms with Gasteiger partial charge < -0.3 is 26.8 Å². The number of benzene rings is 3. The van der Waals surface area contributed by atoms with E-state index in [4.69, 9.17) is 21.9 Å². The number of hydrogen-bond donors (Lipinski definition) is 6. The number of amides is 3. The fourth-order valence-electron chi connectivity index (χ4n) is 12.3. The molecule has 9 N–H and O–H groups in total. The number of hydrogen-bond acceptors (Lipinski definition) is 18. The lowest BCUT2D eigenvalue weighted by Crippen LogP contribution is -2.38. The Morgan fingerprint density at radius 1 is 0.485 bits per heavy atom. The van der Waals surface area contributed by atoms with Crippen molar-refractivity contribution in [2.24, 2.45) is 24.2 Å². The van der Waals surface area contributed by atoms with Crippen LogP contribution in [0.25, 0.3) is 101 Å². The van der Waals surface area contributed by atoms with Crippen molar-refractivity contribution in [2.75, 3.05) is 52.5 Å². The molecule has 3 aromatic carbocycles. The van der Waals surface area contributed by atoms with Gasteiger partial charge in [-0.15, -0.1) is 0 Å². The van der Waals surface area contributed by atoms with Gasteiger partial charge in [0.25, 0.3) is 0 Å². The van der Waals surface area contributed by atoms with Gasteiger partial charge in [-0.3, -0.25) is 62.7 Å². The molecule has 3 amide bonds. The molecular formula is C64H75F3N26O4. The van der Waals surface area contributed by atoms with E-state index in [-0.39, 0.29) is 40.2 Å². The number of likely N-dealkylation sites (tertiary alicyclic amines) is 1. The van der Waals surface area contributed by atoms with Gasteiger partial charge in [-0.1, -0.05) is 13.3 Å². The number of primary amides is 3. The van der Waals surface area contributed by atoms with Gasteiger partial charge in [-0.2, -0.15) is 45.9 Å². The van der Waals surface area contributed by atoms with Crippen molar-refractivity contribution in [3.05, 3.63) is 106 Å². The van der Waals surface area contributed by atoms with Crippen molar-refractivity contribution in [1.29, 1.82) is 0 Å². The molecule has 9 aromatic heterocycles. The van der Waals surface area contributed by atoms with Crippen molar-refractivity contribution >= 4 is 50.4 Å². The number of H-pyrrole nitrogens is 3. The number of fused-ring (bicyclic) bond motifs is 3. The first-order valence-electron chi connectivity index (χ1n) is 32.2. The van der Waals surface area contributed by atoms with Gasteiger partial charge in [0, 0.05) is 102 Å². The molecule has 2 aliphatic heterocycles. The van der Waals surface area contributed by atoms with Crippen molar-refractivity contribution < 1.29 is 32.3 Å². The Morgan fingerprint density at radius 3 is 1.33 bits per heavy atom. The maximum Gasteiger partial charge on any atom is 0.248 e. The summed E-state index contributed by atoms with van der Waals surface area (Å²) in [6.07, 6.45) is 10.7. The number of aromatic nitrogens is 21. The molecule has 97 heavy (non-hydrogen) atoms. The number of nitrogens with zero attached hydrogens (tertiary/aromatic N) is 20. The standard InChI is InChI=1S/C24H30FN9O.C22H26FN9O2.C18H19FN8O/c1-3-33-21(20(25)15(2)31-33)24-28-23(29-30-24)17-12-16(22(26)35)13-19-18(17)14-27-34(19)11-7-10-32-8-5-4-6-9-32;1-3-31-19(18(23)13(2)29-31)22-26-21(27-28-22)15-10-14(20(24)33)11-17-16(15)12-25-32(17)5-4-30-6-8-34-9-7-30;1-4-5-27-15(14(19)9(2)25-27)18-22-17(23-24-18)11-6-10(16(20)28)7-13-12(11)8-21-26(13)3/h12-14H,3-11H2,1-2H3,(H2,26,35)(H,28,29,30);10-12H,3-9H2,1-2H3,(H2,24,33)(H,26,27,28);6-8H,4-5H2,1-3H3,(H2,20,28)(H,22,23,24). The Labute approximate surface area is 552 Å². The number of nitrogens with one attached hydrogen (secondary N) is 3. The molecule has 0 spiro atoms. The summed E-state index contributed by atoms with van der Waals surface area (Å²) in [6.45, 7) is 20.8. The number of rotatable bonds is 20. The molecule has 0 atom stereocenters. The third kappa shape index (κ3) is 13.5. The number of carbonyl (C=O) groups is 3. The summed E-state index contributed by atoms with van der Waals surface area (Å²) in [5.41, 5.74) is 23.4. The van der Waals surface area contributed by atoms with Crippen LogP contribution in [0.15, 0.2) is 55.0 Å². The summed E-state index contributed by atoms with van der Waals surface area (Å²) in [7, 11) is 1.77. The SMILES string of the molecule is CCCn1nc(C)c(F)c1-c1nc(-c2cc(C(N)=O)cc3c2cnn3C)n[nH]1.CCn1nc(C)c(F)c1-c1nc(-c2cc(C(N)=O)cc3c2cnn3CCCN2CCCCC2)n[nH]1.CCn1nc(C)c(F)c1-c1nc(-c2cc(C(N)=O)cc3c2cnn3CCN2CCOCC2)n[nH]1. The quantitative estimate of drug-likeness (QED) is 0.0452. The smallest absolute Gasteiger partial charge is 0.248 e. The molecule has 33 heteroatoms. The van der Waals surface area contributed by atoms with Crippen LogP contribution in [0.2, 0.25) is 0 Å². The first-order chi connectivity index (χ1) is 46.8. The number of halogens is 3. The molecule has 14 rings (SSSR count). The second-order valence-corrected chi connectivity index (χ2v) is 23.8. The van der Waals surface area contributed by atoms with Gasteiger partial charge in [0.1, 0.15) is 17.1 Å². The molecule has 0 saturated carbocycles. The Balaban J connectivity index is 0.000000140. The Morgan fingerprint density at radius 2 is 0.887 bits per heavy atom. The fourth-order valence-corrected chi connectivity index (χ4v) is 12.3. The first-order valence-corrected chi connectivity index (χ1v) is 32.2. The minimum Gasteiger partial charge on any atom is -0.379 e. The molecule has 0 bridgehead atoms. The van der Waals surface area contributed by atoms with E-state index in [0.29, 0.717) is 88.4 Å². The molecule has 2 fully saturated rings. The number of nitrogens with two attached hydrogens (primary N) is 3. The molecule has 30 nitrogen and oxygen atoms in total. The summed E-state index contributed by atoms with van der Waals surface area (Å²) in [4.78, 5) is 54.3. The average Bonchev–Trinajstić information content (AvgIpc) is 1.64. The van der Waals surface area contributed by atoms with Gasteiger partial charge in [0.05, 0.1) is 72.0 Å². The van der Waals surface area contributed by atoms with Gasteiger partial charge in [-0.05, 0) is 116 Å². The minimum absolute atomic E-state index is 0.238. The third-order valence-corrected chi connectivity index (χ3v) is 17.3. The average molecular weight is 1330 g/mol. The minimum atomic E-state index is -0.567. The molecule has 0 radical (unpaired) electrons. The van der Waals surface area contributed by atoms with Crippen LogP contribution in [0.1, 0.15) is 101 Å². The van der Waals surface area contributed by atoms with Crippen LogP contribution < -0.4 is 17.2 Å². The molecule has 11 heterocycles. The highest BCUT2D eigenvalue weighted by molar-refractivity contribution is 6.04. The zero-order chi connectivity index (χ0) is 68.3. The van der Waals surface area contributed by atoms with Crippen LogP contribution in [-0.2, 0) is 44.5 Å². The highest BCUT2D eigenvalue weighted by Gasteiger charge is 2.27. The monoisotopic (exact) mass is 1330 g/mol. The van der Waals surface area contributed by atoms with Gasteiger partial charge in [0.2, 0.25) is 17.7 Å². The van der Waals surface area contributed by atoms with Gasteiger partial charge in [-0.25, -0.2) is 28.1 Å². The highest BCUT2D eigenvalue weighted by atomic mass is 19.1.